The summed E-state index contributed by atoms with van der Waals surface area (Å²) in [5, 5.41) is 29.1. The predicted octanol–water partition coefficient (Wildman–Crippen LogP) is 1.48. The van der Waals surface area contributed by atoms with Gasteiger partial charge in [0.25, 0.3) is 0 Å². The van der Waals surface area contributed by atoms with E-state index < -0.39 is 18.5 Å². The number of benzene rings is 1. The molecule has 0 aliphatic heterocycles. The fourth-order valence-corrected chi connectivity index (χ4v) is 1.26. The van der Waals surface area contributed by atoms with E-state index in [1.807, 2.05) is 0 Å². The summed E-state index contributed by atoms with van der Waals surface area (Å²) in [4.78, 5) is 24.6. The number of allylic oxidation sites excluding steroid dienone is 2. The molecular formula is C14H14N2O5. The maximum atomic E-state index is 10.5. The Bertz CT molecular complexity index is 588. The second-order valence-electron chi connectivity index (χ2n) is 3.83. The molecule has 1 rings (SSSR count). The number of phenols is 1. The van der Waals surface area contributed by atoms with Gasteiger partial charge in [-0.3, -0.25) is 9.79 Å². The Kier molecular flexibility index (Phi) is 6.20. The molecule has 0 spiro atoms. The van der Waals surface area contributed by atoms with Gasteiger partial charge in [-0.1, -0.05) is 0 Å². The minimum absolute atomic E-state index is 0.137. The minimum atomic E-state index is -1.15. The number of carboxylic acid groups (broad SMARTS) is 2. The highest BCUT2D eigenvalue weighted by atomic mass is 16.4. The van der Waals surface area contributed by atoms with Crippen molar-refractivity contribution >= 4 is 23.3 Å². The number of carboxylic acids is 2. The van der Waals surface area contributed by atoms with Crippen LogP contribution in [0.25, 0.3) is 0 Å². The summed E-state index contributed by atoms with van der Waals surface area (Å²) in [6.07, 6.45) is 4.99. The lowest BCUT2D eigenvalue weighted by atomic mass is 10.3. The van der Waals surface area contributed by atoms with Gasteiger partial charge in [0.1, 0.15) is 12.3 Å². The fourth-order valence-electron chi connectivity index (χ4n) is 1.26. The van der Waals surface area contributed by atoms with Gasteiger partial charge in [-0.15, -0.1) is 0 Å². The number of phenolic OH excluding ortho intramolecular Hbond substituents is 1. The smallest absolute Gasteiger partial charge is 0.328 e. The lowest BCUT2D eigenvalue weighted by Crippen LogP contribution is -2.03. The molecule has 1 aromatic rings. The first-order chi connectivity index (χ1) is 9.97. The highest BCUT2D eigenvalue weighted by Crippen LogP contribution is 2.13. The lowest BCUT2D eigenvalue weighted by Gasteiger charge is -2.00. The van der Waals surface area contributed by atoms with E-state index in [9.17, 15) is 9.59 Å². The Morgan fingerprint density at radius 2 is 1.76 bits per heavy atom. The maximum absolute atomic E-state index is 10.5. The normalized spacial score (nSPS) is 11.9. The second-order valence-corrected chi connectivity index (χ2v) is 3.83. The zero-order chi connectivity index (χ0) is 15.7. The molecule has 0 saturated heterocycles. The third-order valence-electron chi connectivity index (χ3n) is 2.16. The maximum Gasteiger partial charge on any atom is 0.328 e. The summed E-state index contributed by atoms with van der Waals surface area (Å²) in [6.45, 7) is -0.456. The van der Waals surface area contributed by atoms with Crippen LogP contribution < -0.4 is 5.32 Å². The zero-order valence-corrected chi connectivity index (χ0v) is 10.9. The van der Waals surface area contributed by atoms with E-state index >= 15 is 0 Å². The monoisotopic (exact) mass is 290 g/mol. The van der Waals surface area contributed by atoms with Crippen molar-refractivity contribution in [3.63, 3.8) is 0 Å². The highest BCUT2D eigenvalue weighted by Gasteiger charge is 1.96. The number of hydrogen-bond acceptors (Lipinski definition) is 5. The molecule has 0 aromatic heterocycles. The van der Waals surface area contributed by atoms with Crippen LogP contribution in [0.15, 0.2) is 53.7 Å². The summed E-state index contributed by atoms with van der Waals surface area (Å²) in [5.74, 6) is -2.13. The summed E-state index contributed by atoms with van der Waals surface area (Å²) in [6, 6.07) is 6.28. The van der Waals surface area contributed by atoms with E-state index in [1.165, 1.54) is 30.5 Å². The molecule has 21 heavy (non-hydrogen) atoms. The molecule has 0 aliphatic rings. The molecule has 0 bridgehead atoms. The van der Waals surface area contributed by atoms with Crippen LogP contribution in [0, 0.1) is 0 Å². The van der Waals surface area contributed by atoms with Gasteiger partial charge in [0.05, 0.1) is 5.71 Å². The highest BCUT2D eigenvalue weighted by molar-refractivity contribution is 6.07. The van der Waals surface area contributed by atoms with Crippen LogP contribution in [0.1, 0.15) is 0 Å². The third-order valence-corrected chi connectivity index (χ3v) is 2.16. The van der Waals surface area contributed by atoms with Gasteiger partial charge in [0, 0.05) is 18.0 Å². The van der Waals surface area contributed by atoms with E-state index in [4.69, 9.17) is 15.3 Å². The summed E-state index contributed by atoms with van der Waals surface area (Å²) in [7, 11) is 0. The number of nitrogens with one attached hydrogen (secondary N) is 1. The van der Waals surface area contributed by atoms with E-state index in [-0.39, 0.29) is 11.5 Å². The number of aromatic hydroxyl groups is 1. The molecule has 7 heteroatoms. The molecule has 0 radical (unpaired) electrons. The van der Waals surface area contributed by atoms with Crippen LogP contribution in [0.4, 0.5) is 5.69 Å². The van der Waals surface area contributed by atoms with Gasteiger partial charge in [0.2, 0.25) is 0 Å². The van der Waals surface area contributed by atoms with Gasteiger partial charge in [0.15, 0.2) is 0 Å². The first-order valence-corrected chi connectivity index (χ1v) is 5.87. The minimum Gasteiger partial charge on any atom is -0.508 e. The van der Waals surface area contributed by atoms with Crippen LogP contribution in [0.5, 0.6) is 5.75 Å². The van der Waals surface area contributed by atoms with Crippen LogP contribution in [-0.4, -0.2) is 39.5 Å². The van der Waals surface area contributed by atoms with Crippen molar-refractivity contribution in [2.24, 2.45) is 4.99 Å². The van der Waals surface area contributed by atoms with Crippen LogP contribution >= 0.6 is 0 Å². The number of aliphatic carboxylic acids is 2. The molecule has 110 valence electrons. The summed E-state index contributed by atoms with van der Waals surface area (Å²) in [5.41, 5.74) is 0.898. The molecule has 0 unspecified atom stereocenters. The van der Waals surface area contributed by atoms with Crippen molar-refractivity contribution in [3.8, 4) is 5.75 Å². The van der Waals surface area contributed by atoms with Gasteiger partial charge in [-0.2, -0.15) is 0 Å². The molecule has 0 atom stereocenters. The topological polar surface area (TPSA) is 119 Å². The zero-order valence-electron chi connectivity index (χ0n) is 10.9. The Morgan fingerprint density at radius 3 is 2.33 bits per heavy atom. The molecule has 0 heterocycles. The van der Waals surface area contributed by atoms with E-state index in [0.717, 1.165) is 6.08 Å². The van der Waals surface area contributed by atoms with E-state index in [2.05, 4.69) is 10.3 Å². The van der Waals surface area contributed by atoms with Gasteiger partial charge >= 0.3 is 11.9 Å². The number of rotatable bonds is 7. The van der Waals surface area contributed by atoms with E-state index in [1.54, 1.807) is 12.1 Å². The Hall–Kier alpha value is -3.09. The van der Waals surface area contributed by atoms with E-state index in [0.29, 0.717) is 5.69 Å². The summed E-state index contributed by atoms with van der Waals surface area (Å²) < 4.78 is 0. The molecule has 0 fully saturated rings. The third kappa shape index (κ3) is 7.16. The Morgan fingerprint density at radius 1 is 1.10 bits per heavy atom. The predicted molar refractivity (Wildman–Crippen MR) is 77.6 cm³/mol. The van der Waals surface area contributed by atoms with Crippen molar-refractivity contribution < 1.29 is 24.9 Å². The molecule has 0 saturated carbocycles. The van der Waals surface area contributed by atoms with Crippen molar-refractivity contribution in [2.75, 3.05) is 11.9 Å². The van der Waals surface area contributed by atoms with Crippen molar-refractivity contribution in [2.45, 2.75) is 0 Å². The first kappa shape index (κ1) is 16.0. The fraction of sp³-hybridized carbons (Fsp3) is 0.0714. The van der Waals surface area contributed by atoms with Crippen LogP contribution in [0.2, 0.25) is 0 Å². The molecule has 0 amide bonds. The van der Waals surface area contributed by atoms with Gasteiger partial charge in [-0.05, 0) is 36.4 Å². The average molecular weight is 290 g/mol. The molecule has 4 N–H and O–H groups in total. The number of nitrogens with zero attached hydrogens (tertiary/aromatic N) is 1. The van der Waals surface area contributed by atoms with Crippen LogP contribution in [-0.2, 0) is 9.59 Å². The quantitative estimate of drug-likeness (QED) is 0.343. The number of anilines is 1. The molecule has 1 aromatic carbocycles. The number of aliphatic imine (C=N–C) groups is 1. The molecule has 0 aliphatic carbocycles. The van der Waals surface area contributed by atoms with Crippen molar-refractivity contribution in [1.29, 1.82) is 0 Å². The number of carbonyl (C=O) groups is 2. The lowest BCUT2D eigenvalue weighted by molar-refractivity contribution is -0.135. The SMILES string of the molecule is O=C(O)/C=C/C(/C=C/Nc1ccc(O)cc1)=NCC(=O)O. The summed E-state index contributed by atoms with van der Waals surface area (Å²) >= 11 is 0. The number of hydrogen-bond donors (Lipinski definition) is 4. The average Bonchev–Trinajstić information content (AvgIpc) is 2.43. The first-order valence-electron chi connectivity index (χ1n) is 5.87. The van der Waals surface area contributed by atoms with Gasteiger partial charge in [-0.25, -0.2) is 4.79 Å². The van der Waals surface area contributed by atoms with Crippen molar-refractivity contribution in [3.05, 3.63) is 48.7 Å². The van der Waals surface area contributed by atoms with Gasteiger partial charge < -0.3 is 20.6 Å². The Balaban J connectivity index is 2.72. The molecular weight excluding hydrogens is 276 g/mol. The van der Waals surface area contributed by atoms with Crippen molar-refractivity contribution in [1.82, 2.24) is 0 Å². The standard InChI is InChI=1S/C14H14N2O5/c17-12-4-1-10(2-5-12)15-8-7-11(3-6-13(18)19)16-9-14(20)21/h1-8,15,17H,9H2,(H,18,19)(H,20,21)/b6-3+,8-7+,16-11?. The van der Waals surface area contributed by atoms with Crippen LogP contribution in [0.3, 0.4) is 0 Å². The second kappa shape index (κ2) is 8.16. The largest absolute Gasteiger partial charge is 0.508 e. The molecule has 7 nitrogen and oxygen atoms in total. The Labute approximate surface area is 120 Å².